The maximum absolute atomic E-state index is 9.08. The average molecular weight is 224 g/mol. The molecule has 1 aromatic heterocycles. The minimum Gasteiger partial charge on any atom is -0.468 e. The second kappa shape index (κ2) is 5.48. The van der Waals surface area contributed by atoms with Gasteiger partial charge in [-0.1, -0.05) is 0 Å². The highest BCUT2D eigenvalue weighted by molar-refractivity contribution is 4.99. The topological polar surface area (TPSA) is 39.9 Å². The molecule has 1 saturated heterocycles. The molecule has 1 unspecified atom stereocenters. The molecule has 2 heterocycles. The normalized spacial score (nSPS) is 23.8. The molecule has 1 aliphatic heterocycles. The summed E-state index contributed by atoms with van der Waals surface area (Å²) in [6.45, 7) is 4.27. The maximum atomic E-state index is 9.08. The van der Waals surface area contributed by atoms with Crippen LogP contribution in [-0.2, 0) is 6.54 Å². The summed E-state index contributed by atoms with van der Waals surface area (Å²) in [6, 6.07) is 4.37. The van der Waals surface area contributed by atoms with Crippen molar-refractivity contribution in [3.63, 3.8) is 0 Å². The van der Waals surface area contributed by atoms with Crippen LogP contribution in [0, 0.1) is 0 Å². The van der Waals surface area contributed by atoms with Crippen molar-refractivity contribution in [3.8, 4) is 0 Å². The van der Waals surface area contributed by atoms with E-state index < -0.39 is 0 Å². The van der Waals surface area contributed by atoms with Crippen LogP contribution in [0.4, 0.5) is 0 Å². The van der Waals surface area contributed by atoms with Gasteiger partial charge in [0.1, 0.15) is 5.76 Å². The zero-order valence-electron chi connectivity index (χ0n) is 9.80. The van der Waals surface area contributed by atoms with Crippen molar-refractivity contribution in [2.75, 3.05) is 33.3 Å². The first kappa shape index (κ1) is 11.6. The van der Waals surface area contributed by atoms with Crippen molar-refractivity contribution in [3.05, 3.63) is 24.2 Å². The van der Waals surface area contributed by atoms with Crippen LogP contribution in [0.3, 0.4) is 0 Å². The molecule has 0 saturated carbocycles. The van der Waals surface area contributed by atoms with E-state index in [0.29, 0.717) is 6.04 Å². The Hall–Kier alpha value is -0.840. The first-order chi connectivity index (χ1) is 7.79. The van der Waals surface area contributed by atoms with Gasteiger partial charge >= 0.3 is 0 Å². The molecule has 0 aromatic carbocycles. The number of furan rings is 1. The number of hydrogen-bond acceptors (Lipinski definition) is 4. The van der Waals surface area contributed by atoms with Gasteiger partial charge in [0.2, 0.25) is 0 Å². The highest BCUT2D eigenvalue weighted by Gasteiger charge is 2.25. The van der Waals surface area contributed by atoms with Gasteiger partial charge in [-0.15, -0.1) is 0 Å². The van der Waals surface area contributed by atoms with Gasteiger partial charge in [0.15, 0.2) is 0 Å². The van der Waals surface area contributed by atoms with E-state index in [-0.39, 0.29) is 6.61 Å². The second-order valence-corrected chi connectivity index (χ2v) is 4.48. The van der Waals surface area contributed by atoms with Crippen molar-refractivity contribution < 1.29 is 9.52 Å². The number of likely N-dealkylation sites (N-methyl/N-ethyl adjacent to an activating group) is 1. The molecule has 0 spiro atoms. The summed E-state index contributed by atoms with van der Waals surface area (Å²) in [4.78, 5) is 4.72. The molecule has 2 rings (SSSR count). The van der Waals surface area contributed by atoms with Crippen LogP contribution in [0.15, 0.2) is 22.8 Å². The van der Waals surface area contributed by atoms with Crippen molar-refractivity contribution >= 4 is 0 Å². The molecule has 4 heteroatoms. The Morgan fingerprint density at radius 3 is 3.06 bits per heavy atom. The molecule has 90 valence electrons. The Kier molecular flexibility index (Phi) is 3.98. The van der Waals surface area contributed by atoms with Crippen molar-refractivity contribution in [1.82, 2.24) is 9.80 Å². The van der Waals surface area contributed by atoms with E-state index in [1.54, 1.807) is 6.26 Å². The Balaban J connectivity index is 1.95. The van der Waals surface area contributed by atoms with Crippen molar-refractivity contribution in [1.29, 1.82) is 0 Å². The summed E-state index contributed by atoms with van der Waals surface area (Å²) in [6.07, 6.45) is 2.55. The molecule has 1 aliphatic rings. The predicted molar refractivity (Wildman–Crippen MR) is 62.1 cm³/mol. The van der Waals surface area contributed by atoms with Gasteiger partial charge in [0.05, 0.1) is 12.8 Å². The Morgan fingerprint density at radius 1 is 1.50 bits per heavy atom. The highest BCUT2D eigenvalue weighted by atomic mass is 16.3. The molecular weight excluding hydrogens is 204 g/mol. The summed E-state index contributed by atoms with van der Waals surface area (Å²) >= 11 is 0. The van der Waals surface area contributed by atoms with Gasteiger partial charge in [-0.25, -0.2) is 0 Å². The summed E-state index contributed by atoms with van der Waals surface area (Å²) < 4.78 is 5.37. The van der Waals surface area contributed by atoms with Gasteiger partial charge in [-0.2, -0.15) is 0 Å². The first-order valence-electron chi connectivity index (χ1n) is 5.85. The number of aliphatic hydroxyl groups excluding tert-OH is 1. The molecule has 1 fully saturated rings. The summed E-state index contributed by atoms with van der Waals surface area (Å²) in [7, 11) is 2.13. The fourth-order valence-corrected chi connectivity index (χ4v) is 2.28. The molecule has 0 radical (unpaired) electrons. The third-order valence-electron chi connectivity index (χ3n) is 3.21. The minimum absolute atomic E-state index is 0.257. The molecular formula is C12H20N2O2. The Bertz CT molecular complexity index is 300. The number of rotatable bonds is 4. The van der Waals surface area contributed by atoms with Gasteiger partial charge in [-0.05, 0) is 25.6 Å². The summed E-state index contributed by atoms with van der Waals surface area (Å²) in [5.41, 5.74) is 0. The van der Waals surface area contributed by atoms with E-state index in [1.165, 1.54) is 0 Å². The van der Waals surface area contributed by atoms with E-state index in [9.17, 15) is 0 Å². The summed E-state index contributed by atoms with van der Waals surface area (Å²) in [5.74, 6) is 1.01. The van der Waals surface area contributed by atoms with Gasteiger partial charge in [0, 0.05) is 32.3 Å². The monoisotopic (exact) mass is 224 g/mol. The first-order valence-corrected chi connectivity index (χ1v) is 5.85. The zero-order chi connectivity index (χ0) is 11.4. The van der Waals surface area contributed by atoms with Crippen LogP contribution in [0.1, 0.15) is 12.2 Å². The standard InChI is InChI=1S/C12H20N2O2/c1-13-5-6-14(11(9-13)4-7-15)10-12-3-2-8-16-12/h2-3,8,11,15H,4-7,9-10H2,1H3. The minimum atomic E-state index is 0.257. The van der Waals surface area contributed by atoms with E-state index in [0.717, 1.165) is 38.4 Å². The Labute approximate surface area is 96.5 Å². The fraction of sp³-hybridized carbons (Fsp3) is 0.667. The van der Waals surface area contributed by atoms with Crippen LogP contribution in [-0.4, -0.2) is 54.2 Å². The molecule has 0 bridgehead atoms. The largest absolute Gasteiger partial charge is 0.468 e. The van der Waals surface area contributed by atoms with Crippen molar-refractivity contribution in [2.24, 2.45) is 0 Å². The summed E-state index contributed by atoms with van der Waals surface area (Å²) in [5, 5.41) is 9.08. The molecule has 0 aliphatic carbocycles. The molecule has 16 heavy (non-hydrogen) atoms. The lowest BCUT2D eigenvalue weighted by Crippen LogP contribution is -2.51. The number of aliphatic hydroxyl groups is 1. The number of piperazine rings is 1. The zero-order valence-corrected chi connectivity index (χ0v) is 9.80. The number of hydrogen-bond donors (Lipinski definition) is 1. The second-order valence-electron chi connectivity index (χ2n) is 4.48. The SMILES string of the molecule is CN1CCN(Cc2ccco2)C(CCO)C1. The van der Waals surface area contributed by atoms with Crippen LogP contribution in [0.25, 0.3) is 0 Å². The molecule has 0 amide bonds. The lowest BCUT2D eigenvalue weighted by molar-refractivity contribution is 0.0616. The van der Waals surface area contributed by atoms with E-state index in [4.69, 9.17) is 9.52 Å². The van der Waals surface area contributed by atoms with E-state index in [1.807, 2.05) is 12.1 Å². The quantitative estimate of drug-likeness (QED) is 0.820. The fourth-order valence-electron chi connectivity index (χ4n) is 2.28. The maximum Gasteiger partial charge on any atom is 0.117 e. The molecule has 1 atom stereocenters. The van der Waals surface area contributed by atoms with Crippen molar-refractivity contribution in [2.45, 2.75) is 19.0 Å². The van der Waals surface area contributed by atoms with Crippen LogP contribution >= 0.6 is 0 Å². The van der Waals surface area contributed by atoms with Crippen LogP contribution in [0.2, 0.25) is 0 Å². The average Bonchev–Trinajstić information content (AvgIpc) is 2.75. The smallest absolute Gasteiger partial charge is 0.117 e. The lowest BCUT2D eigenvalue weighted by Gasteiger charge is -2.39. The highest BCUT2D eigenvalue weighted by Crippen LogP contribution is 2.15. The molecule has 4 nitrogen and oxygen atoms in total. The van der Waals surface area contributed by atoms with Crippen LogP contribution in [0.5, 0.6) is 0 Å². The predicted octanol–water partition coefficient (Wildman–Crippen LogP) is 0.778. The lowest BCUT2D eigenvalue weighted by atomic mass is 10.1. The van der Waals surface area contributed by atoms with Crippen LogP contribution < -0.4 is 0 Å². The van der Waals surface area contributed by atoms with E-state index >= 15 is 0 Å². The molecule has 1 N–H and O–H groups in total. The Morgan fingerprint density at radius 2 is 2.38 bits per heavy atom. The van der Waals surface area contributed by atoms with Gasteiger partial charge < -0.3 is 14.4 Å². The number of nitrogens with zero attached hydrogens (tertiary/aromatic N) is 2. The third-order valence-corrected chi connectivity index (χ3v) is 3.21. The van der Waals surface area contributed by atoms with Gasteiger partial charge in [0.25, 0.3) is 0 Å². The third kappa shape index (κ3) is 2.84. The van der Waals surface area contributed by atoms with Gasteiger partial charge in [-0.3, -0.25) is 4.90 Å². The van der Waals surface area contributed by atoms with E-state index in [2.05, 4.69) is 16.8 Å². The molecule has 1 aromatic rings.